The molecule has 130 valence electrons. The molecular formula is C21H29NO2. The summed E-state index contributed by atoms with van der Waals surface area (Å²) in [5, 5.41) is 3.42. The third-order valence-electron chi connectivity index (χ3n) is 6.45. The predicted molar refractivity (Wildman–Crippen MR) is 95.0 cm³/mol. The van der Waals surface area contributed by atoms with Crippen molar-refractivity contribution in [2.24, 2.45) is 17.8 Å². The van der Waals surface area contributed by atoms with Crippen LogP contribution >= 0.6 is 0 Å². The second-order valence-electron chi connectivity index (χ2n) is 8.41. The van der Waals surface area contributed by atoms with Crippen LogP contribution in [0.1, 0.15) is 57.9 Å². The zero-order valence-corrected chi connectivity index (χ0v) is 14.9. The van der Waals surface area contributed by atoms with Crippen molar-refractivity contribution in [3.63, 3.8) is 0 Å². The van der Waals surface area contributed by atoms with Gasteiger partial charge in [-0.1, -0.05) is 25.1 Å². The molecule has 0 heterocycles. The Morgan fingerprint density at radius 2 is 1.75 bits per heavy atom. The van der Waals surface area contributed by atoms with Crippen LogP contribution in [0, 0.1) is 17.8 Å². The van der Waals surface area contributed by atoms with E-state index in [0.717, 1.165) is 35.5 Å². The summed E-state index contributed by atoms with van der Waals surface area (Å²) in [5.41, 5.74) is 1.22. The SMILES string of the molecule is CCc1ccccc1O[C@@H](C)C(=O)NC12CC3CC(CC(C3)C1)C2. The average Bonchev–Trinajstić information content (AvgIpc) is 2.53. The van der Waals surface area contributed by atoms with Crippen LogP contribution in [-0.4, -0.2) is 17.6 Å². The van der Waals surface area contributed by atoms with E-state index >= 15 is 0 Å². The number of aryl methyl sites for hydroxylation is 1. The van der Waals surface area contributed by atoms with E-state index in [-0.39, 0.29) is 11.4 Å². The molecule has 24 heavy (non-hydrogen) atoms. The summed E-state index contributed by atoms with van der Waals surface area (Å²) in [6.45, 7) is 3.99. The van der Waals surface area contributed by atoms with E-state index < -0.39 is 6.10 Å². The molecule has 0 radical (unpaired) electrons. The normalized spacial score (nSPS) is 34.8. The molecule has 1 aromatic carbocycles. The second-order valence-corrected chi connectivity index (χ2v) is 8.41. The van der Waals surface area contributed by atoms with Crippen molar-refractivity contribution >= 4 is 5.91 Å². The van der Waals surface area contributed by atoms with Crippen LogP contribution in [0.3, 0.4) is 0 Å². The average molecular weight is 327 g/mol. The predicted octanol–water partition coefficient (Wildman–Crippen LogP) is 4.10. The first-order valence-corrected chi connectivity index (χ1v) is 9.63. The van der Waals surface area contributed by atoms with Crippen molar-refractivity contribution in [1.29, 1.82) is 0 Å². The molecule has 1 atom stereocenters. The van der Waals surface area contributed by atoms with E-state index in [9.17, 15) is 4.79 Å². The van der Waals surface area contributed by atoms with Gasteiger partial charge in [-0.2, -0.15) is 0 Å². The third kappa shape index (κ3) is 2.94. The van der Waals surface area contributed by atoms with E-state index in [1.54, 1.807) is 0 Å². The maximum atomic E-state index is 12.8. The summed E-state index contributed by atoms with van der Waals surface area (Å²) < 4.78 is 6.00. The fourth-order valence-corrected chi connectivity index (χ4v) is 5.78. The molecule has 0 aromatic heterocycles. The lowest BCUT2D eigenvalue weighted by molar-refractivity contribution is -0.133. The van der Waals surface area contributed by atoms with E-state index in [2.05, 4.69) is 18.3 Å². The monoisotopic (exact) mass is 327 g/mol. The fraction of sp³-hybridized carbons (Fsp3) is 0.667. The highest BCUT2D eigenvalue weighted by molar-refractivity contribution is 5.81. The maximum Gasteiger partial charge on any atom is 0.261 e. The Labute approximate surface area is 145 Å². The van der Waals surface area contributed by atoms with Crippen LogP contribution < -0.4 is 10.1 Å². The number of carbonyl (C=O) groups is 1. The van der Waals surface area contributed by atoms with Gasteiger partial charge in [0, 0.05) is 5.54 Å². The molecule has 4 aliphatic carbocycles. The minimum absolute atomic E-state index is 0.0582. The van der Waals surface area contributed by atoms with E-state index in [4.69, 9.17) is 4.74 Å². The molecular weight excluding hydrogens is 298 g/mol. The summed E-state index contributed by atoms with van der Waals surface area (Å²) in [4.78, 5) is 12.8. The maximum absolute atomic E-state index is 12.8. The lowest BCUT2D eigenvalue weighted by Crippen LogP contribution is -2.61. The summed E-state index contributed by atoms with van der Waals surface area (Å²) in [7, 11) is 0. The molecule has 0 unspecified atom stereocenters. The molecule has 4 fully saturated rings. The van der Waals surface area contributed by atoms with Gasteiger partial charge < -0.3 is 10.1 Å². The third-order valence-corrected chi connectivity index (χ3v) is 6.45. The Hall–Kier alpha value is -1.51. The largest absolute Gasteiger partial charge is 0.481 e. The Morgan fingerprint density at radius 1 is 1.17 bits per heavy atom. The Kier molecular flexibility index (Phi) is 4.06. The molecule has 1 N–H and O–H groups in total. The van der Waals surface area contributed by atoms with Crippen LogP contribution in [0.2, 0.25) is 0 Å². The molecule has 0 spiro atoms. The first-order valence-electron chi connectivity index (χ1n) is 9.63. The number of amides is 1. The Bertz CT molecular complexity index is 589. The minimum atomic E-state index is -0.439. The first kappa shape index (κ1) is 16.0. The fourth-order valence-electron chi connectivity index (χ4n) is 5.78. The number of benzene rings is 1. The molecule has 1 amide bonds. The van der Waals surface area contributed by atoms with Gasteiger partial charge in [-0.25, -0.2) is 0 Å². The molecule has 4 saturated carbocycles. The quantitative estimate of drug-likeness (QED) is 0.884. The number of nitrogens with one attached hydrogen (secondary N) is 1. The molecule has 4 aliphatic rings. The van der Waals surface area contributed by atoms with Gasteiger partial charge >= 0.3 is 0 Å². The Balaban J connectivity index is 1.42. The van der Waals surface area contributed by atoms with Gasteiger partial charge in [-0.05, 0) is 81.3 Å². The highest BCUT2D eigenvalue weighted by Crippen LogP contribution is 2.55. The van der Waals surface area contributed by atoms with Gasteiger partial charge in [0.05, 0.1) is 0 Å². The lowest BCUT2D eigenvalue weighted by atomic mass is 9.53. The van der Waals surface area contributed by atoms with Crippen molar-refractivity contribution < 1.29 is 9.53 Å². The zero-order valence-electron chi connectivity index (χ0n) is 14.9. The lowest BCUT2D eigenvalue weighted by Gasteiger charge is -2.57. The van der Waals surface area contributed by atoms with Crippen molar-refractivity contribution in [2.75, 3.05) is 0 Å². The first-order chi connectivity index (χ1) is 11.6. The minimum Gasteiger partial charge on any atom is -0.481 e. The standard InChI is InChI=1S/C21H29NO2/c1-3-18-6-4-5-7-19(18)24-14(2)20(23)22-21-11-15-8-16(12-21)10-17(9-15)13-21/h4-7,14-17H,3,8-13H2,1-2H3,(H,22,23)/t14-,15?,16?,17?,21?/m0/s1. The van der Waals surface area contributed by atoms with Gasteiger partial charge in [-0.15, -0.1) is 0 Å². The van der Waals surface area contributed by atoms with Crippen molar-refractivity contribution in [1.82, 2.24) is 5.32 Å². The van der Waals surface area contributed by atoms with Gasteiger partial charge in [0.2, 0.25) is 0 Å². The van der Waals surface area contributed by atoms with Crippen LogP contribution in [0.15, 0.2) is 24.3 Å². The van der Waals surface area contributed by atoms with Gasteiger partial charge in [0.1, 0.15) is 5.75 Å². The molecule has 1 aromatic rings. The van der Waals surface area contributed by atoms with Crippen LogP contribution in [0.4, 0.5) is 0 Å². The highest BCUT2D eigenvalue weighted by atomic mass is 16.5. The molecule has 0 saturated heterocycles. The van der Waals surface area contributed by atoms with E-state index in [1.807, 2.05) is 25.1 Å². The topological polar surface area (TPSA) is 38.3 Å². The van der Waals surface area contributed by atoms with Crippen molar-refractivity contribution in [3.8, 4) is 5.75 Å². The van der Waals surface area contributed by atoms with Gasteiger partial charge in [0.25, 0.3) is 5.91 Å². The van der Waals surface area contributed by atoms with E-state index in [1.165, 1.54) is 38.5 Å². The summed E-state index contributed by atoms with van der Waals surface area (Å²) in [6.07, 6.45) is 8.21. The summed E-state index contributed by atoms with van der Waals surface area (Å²) in [6, 6.07) is 8.02. The number of hydrogen-bond donors (Lipinski definition) is 1. The molecule has 4 bridgehead atoms. The van der Waals surface area contributed by atoms with E-state index in [0.29, 0.717) is 0 Å². The smallest absolute Gasteiger partial charge is 0.261 e. The zero-order chi connectivity index (χ0) is 16.7. The van der Waals surface area contributed by atoms with Gasteiger partial charge in [-0.3, -0.25) is 4.79 Å². The number of ether oxygens (including phenoxy) is 1. The van der Waals surface area contributed by atoms with Crippen LogP contribution in [-0.2, 0) is 11.2 Å². The summed E-state index contributed by atoms with van der Waals surface area (Å²) >= 11 is 0. The number of carbonyl (C=O) groups excluding carboxylic acids is 1. The van der Waals surface area contributed by atoms with Gasteiger partial charge in [0.15, 0.2) is 6.10 Å². The van der Waals surface area contributed by atoms with Crippen molar-refractivity contribution in [3.05, 3.63) is 29.8 Å². The highest BCUT2D eigenvalue weighted by Gasteiger charge is 2.51. The number of para-hydroxylation sites is 1. The molecule has 3 heteroatoms. The molecule has 0 aliphatic heterocycles. The van der Waals surface area contributed by atoms with Crippen LogP contribution in [0.25, 0.3) is 0 Å². The molecule has 3 nitrogen and oxygen atoms in total. The number of hydrogen-bond acceptors (Lipinski definition) is 2. The molecule has 5 rings (SSSR count). The van der Waals surface area contributed by atoms with Crippen molar-refractivity contribution in [2.45, 2.75) is 70.4 Å². The summed E-state index contributed by atoms with van der Waals surface area (Å²) in [5.74, 6) is 3.42. The second kappa shape index (κ2) is 6.09. The number of rotatable bonds is 5. The van der Waals surface area contributed by atoms with Crippen LogP contribution in [0.5, 0.6) is 5.75 Å². The Morgan fingerprint density at radius 3 is 2.33 bits per heavy atom.